The molecule has 2 saturated heterocycles. The lowest BCUT2D eigenvalue weighted by Crippen LogP contribution is -2.41. The first-order valence-electron chi connectivity index (χ1n) is 3.07. The Morgan fingerprint density at radius 2 is 2.38 bits per heavy atom. The molecule has 0 bridgehead atoms. The Kier molecular flexibility index (Phi) is 0.866. The van der Waals surface area contributed by atoms with Crippen molar-refractivity contribution in [2.75, 3.05) is 19.8 Å². The van der Waals surface area contributed by atoms with Crippen LogP contribution in [0.5, 0.6) is 0 Å². The zero-order valence-corrected chi connectivity index (χ0v) is 4.81. The van der Waals surface area contributed by atoms with Crippen LogP contribution in [0.2, 0.25) is 0 Å². The van der Waals surface area contributed by atoms with Crippen LogP contribution >= 0.6 is 0 Å². The second kappa shape index (κ2) is 1.45. The highest BCUT2D eigenvalue weighted by atomic mass is 16.5. The molecule has 0 amide bonds. The molecule has 0 atom stereocenters. The van der Waals surface area contributed by atoms with E-state index in [1.807, 2.05) is 0 Å². The minimum absolute atomic E-state index is 0.458. The number of hydrogen-bond acceptors (Lipinski definition) is 2. The van der Waals surface area contributed by atoms with E-state index in [-0.39, 0.29) is 0 Å². The van der Waals surface area contributed by atoms with E-state index in [0.717, 1.165) is 19.8 Å². The predicted octanol–water partition coefficient (Wildman–Crippen LogP) is 0.158. The molecular weight excluding hydrogens is 102 g/mol. The van der Waals surface area contributed by atoms with Gasteiger partial charge in [-0.25, -0.2) is 0 Å². The zero-order valence-electron chi connectivity index (χ0n) is 4.81. The number of rotatable bonds is 0. The molecule has 0 aromatic carbocycles. The fraction of sp³-hybridized carbons (Fsp3) is 0.833. The van der Waals surface area contributed by atoms with Crippen LogP contribution in [0.15, 0.2) is 0 Å². The lowest BCUT2D eigenvalue weighted by atomic mass is 9.86. The highest BCUT2D eigenvalue weighted by Crippen LogP contribution is 2.35. The van der Waals surface area contributed by atoms with Gasteiger partial charge in [-0.2, -0.15) is 0 Å². The van der Waals surface area contributed by atoms with Crippen molar-refractivity contribution >= 4 is 0 Å². The molecule has 0 aromatic heterocycles. The summed E-state index contributed by atoms with van der Waals surface area (Å²) in [7, 11) is 0. The second-order valence-electron chi connectivity index (χ2n) is 2.70. The number of nitrogens with one attached hydrogen (secondary N) is 1. The first-order chi connectivity index (χ1) is 3.91. The highest BCUT2D eigenvalue weighted by molar-refractivity contribution is 5.00. The van der Waals surface area contributed by atoms with Gasteiger partial charge in [0.2, 0.25) is 0 Å². The number of hydrogen-bond donors (Lipinski definition) is 1. The van der Waals surface area contributed by atoms with Crippen LogP contribution in [0.4, 0.5) is 0 Å². The smallest absolute Gasteiger partial charge is 0.0560 e. The summed E-state index contributed by atoms with van der Waals surface area (Å²) in [6.07, 6.45) is 1.27. The molecular formula is C6H10NO. The van der Waals surface area contributed by atoms with E-state index in [4.69, 9.17) is 4.74 Å². The second-order valence-corrected chi connectivity index (χ2v) is 2.70. The molecule has 1 spiro atoms. The molecule has 0 saturated carbocycles. The van der Waals surface area contributed by atoms with Gasteiger partial charge in [0.25, 0.3) is 0 Å². The van der Waals surface area contributed by atoms with E-state index < -0.39 is 0 Å². The normalized spacial score (nSPS) is 33.0. The maximum Gasteiger partial charge on any atom is 0.0560 e. The summed E-state index contributed by atoms with van der Waals surface area (Å²) in [5.74, 6) is 0. The van der Waals surface area contributed by atoms with Crippen molar-refractivity contribution in [2.24, 2.45) is 5.41 Å². The molecule has 2 aliphatic rings. The molecule has 2 heteroatoms. The van der Waals surface area contributed by atoms with E-state index >= 15 is 0 Å². The molecule has 0 unspecified atom stereocenters. The summed E-state index contributed by atoms with van der Waals surface area (Å²) in [4.78, 5) is 0. The van der Waals surface area contributed by atoms with Gasteiger partial charge in [0.1, 0.15) is 0 Å². The fourth-order valence-corrected chi connectivity index (χ4v) is 1.27. The van der Waals surface area contributed by atoms with Gasteiger partial charge in [-0.1, -0.05) is 0 Å². The molecule has 2 fully saturated rings. The highest BCUT2D eigenvalue weighted by Gasteiger charge is 2.41. The van der Waals surface area contributed by atoms with E-state index in [0.29, 0.717) is 5.41 Å². The van der Waals surface area contributed by atoms with Crippen molar-refractivity contribution in [3.8, 4) is 0 Å². The van der Waals surface area contributed by atoms with Crippen molar-refractivity contribution in [1.82, 2.24) is 5.32 Å². The van der Waals surface area contributed by atoms with Crippen molar-refractivity contribution in [1.29, 1.82) is 0 Å². The monoisotopic (exact) mass is 112 g/mol. The summed E-state index contributed by atoms with van der Waals surface area (Å²) < 4.78 is 5.09. The lowest BCUT2D eigenvalue weighted by Gasteiger charge is -2.36. The third-order valence-corrected chi connectivity index (χ3v) is 1.95. The van der Waals surface area contributed by atoms with Gasteiger partial charge in [0.15, 0.2) is 0 Å². The minimum Gasteiger partial charge on any atom is -0.380 e. The van der Waals surface area contributed by atoms with Gasteiger partial charge in [-0.3, -0.25) is 0 Å². The van der Waals surface area contributed by atoms with Gasteiger partial charge in [0, 0.05) is 12.0 Å². The Morgan fingerprint density at radius 3 is 2.62 bits per heavy atom. The van der Waals surface area contributed by atoms with E-state index in [1.165, 1.54) is 6.42 Å². The van der Waals surface area contributed by atoms with Gasteiger partial charge in [-0.15, -0.1) is 0 Å². The maximum atomic E-state index is 5.09. The zero-order chi connectivity index (χ0) is 5.45. The van der Waals surface area contributed by atoms with Crippen LogP contribution in [0, 0.1) is 12.0 Å². The molecule has 2 nitrogen and oxygen atoms in total. The molecule has 2 rings (SSSR count). The van der Waals surface area contributed by atoms with Crippen molar-refractivity contribution < 1.29 is 4.74 Å². The van der Waals surface area contributed by atoms with Crippen LogP contribution < -0.4 is 5.32 Å². The van der Waals surface area contributed by atoms with Crippen LogP contribution in [-0.2, 0) is 4.74 Å². The summed E-state index contributed by atoms with van der Waals surface area (Å²) >= 11 is 0. The van der Waals surface area contributed by atoms with E-state index in [9.17, 15) is 0 Å². The SMILES string of the molecule is [CH]1NCCC12COC2. The predicted molar refractivity (Wildman–Crippen MR) is 30.2 cm³/mol. The topological polar surface area (TPSA) is 21.3 Å². The fourth-order valence-electron chi connectivity index (χ4n) is 1.27. The van der Waals surface area contributed by atoms with Crippen LogP contribution in [0.1, 0.15) is 6.42 Å². The maximum absolute atomic E-state index is 5.09. The molecule has 8 heavy (non-hydrogen) atoms. The summed E-state index contributed by atoms with van der Waals surface area (Å²) in [5, 5.41) is 3.21. The van der Waals surface area contributed by atoms with Crippen molar-refractivity contribution in [3.05, 3.63) is 6.54 Å². The molecule has 2 aliphatic heterocycles. The quantitative estimate of drug-likeness (QED) is 0.482. The van der Waals surface area contributed by atoms with Gasteiger partial charge in [0.05, 0.1) is 13.2 Å². The summed E-state index contributed by atoms with van der Waals surface area (Å²) in [6, 6.07) is 0. The first-order valence-corrected chi connectivity index (χ1v) is 3.07. The van der Waals surface area contributed by atoms with Crippen molar-refractivity contribution in [2.45, 2.75) is 6.42 Å². The van der Waals surface area contributed by atoms with Gasteiger partial charge in [-0.05, 0) is 13.0 Å². The summed E-state index contributed by atoms with van der Waals surface area (Å²) in [6.45, 7) is 5.22. The molecule has 1 N–H and O–H groups in total. The lowest BCUT2D eigenvalue weighted by molar-refractivity contribution is -0.0869. The van der Waals surface area contributed by atoms with Crippen molar-refractivity contribution in [3.63, 3.8) is 0 Å². The van der Waals surface area contributed by atoms with E-state index in [2.05, 4.69) is 11.9 Å². The Labute approximate surface area is 49.2 Å². The van der Waals surface area contributed by atoms with Gasteiger partial charge >= 0.3 is 0 Å². The number of ether oxygens (including phenoxy) is 1. The standard InChI is InChI=1S/C6H10NO/c1-2-7-3-6(1)4-8-5-6/h3,7H,1-2,4-5H2. The largest absolute Gasteiger partial charge is 0.380 e. The Bertz CT molecular complexity index is 90.7. The minimum atomic E-state index is 0.458. The Balaban J connectivity index is 2.01. The average Bonchev–Trinajstić information content (AvgIpc) is 2.07. The Morgan fingerprint density at radius 1 is 1.50 bits per heavy atom. The molecule has 45 valence electrons. The third-order valence-electron chi connectivity index (χ3n) is 1.95. The third kappa shape index (κ3) is 0.501. The van der Waals surface area contributed by atoms with Crippen LogP contribution in [-0.4, -0.2) is 19.8 Å². The average molecular weight is 112 g/mol. The molecule has 2 heterocycles. The van der Waals surface area contributed by atoms with Gasteiger partial charge < -0.3 is 10.1 Å². The van der Waals surface area contributed by atoms with Crippen LogP contribution in [0.3, 0.4) is 0 Å². The summed E-state index contributed by atoms with van der Waals surface area (Å²) in [5.41, 5.74) is 0.458. The molecule has 0 aliphatic carbocycles. The first kappa shape index (κ1) is 4.77. The molecule has 0 aromatic rings. The van der Waals surface area contributed by atoms with E-state index in [1.54, 1.807) is 0 Å². The Hall–Kier alpha value is -0.0800. The molecule has 1 radical (unpaired) electrons. The van der Waals surface area contributed by atoms with Crippen LogP contribution in [0.25, 0.3) is 0 Å².